The monoisotopic (exact) mass is 127 g/mol. The van der Waals surface area contributed by atoms with Crippen molar-refractivity contribution in [2.24, 2.45) is 11.8 Å². The van der Waals surface area contributed by atoms with E-state index >= 15 is 0 Å². The Morgan fingerprint density at radius 3 is 2.56 bits per heavy atom. The van der Waals surface area contributed by atoms with Gasteiger partial charge in [0.15, 0.2) is 0 Å². The molecule has 0 amide bonds. The number of rotatable bonds is 3. The Morgan fingerprint density at radius 1 is 1.67 bits per heavy atom. The second kappa shape index (κ2) is 2.70. The van der Waals surface area contributed by atoms with Gasteiger partial charge < -0.3 is 5.32 Å². The molecule has 0 aliphatic heterocycles. The van der Waals surface area contributed by atoms with Crippen molar-refractivity contribution < 1.29 is 0 Å². The molecule has 1 aliphatic rings. The van der Waals surface area contributed by atoms with E-state index in [4.69, 9.17) is 0 Å². The van der Waals surface area contributed by atoms with Gasteiger partial charge in [0.1, 0.15) is 0 Å². The minimum absolute atomic E-state index is 0.722. The highest BCUT2D eigenvalue weighted by molar-refractivity contribution is 4.84. The summed E-state index contributed by atoms with van der Waals surface area (Å²) in [6.07, 6.45) is 2.84. The topological polar surface area (TPSA) is 12.0 Å². The number of nitrogens with one attached hydrogen (secondary N) is 1. The molecular weight excluding hydrogens is 110 g/mol. The first kappa shape index (κ1) is 7.07. The highest BCUT2D eigenvalue weighted by Crippen LogP contribution is 2.41. The van der Waals surface area contributed by atoms with Crippen molar-refractivity contribution in [3.8, 4) is 0 Å². The normalized spacial score (nSPS) is 36.3. The first-order valence-electron chi connectivity index (χ1n) is 3.91. The molecule has 54 valence electrons. The van der Waals surface area contributed by atoms with Crippen molar-refractivity contribution in [1.29, 1.82) is 0 Å². The molecule has 0 bridgehead atoms. The zero-order chi connectivity index (χ0) is 6.85. The largest absolute Gasteiger partial charge is 0.317 e. The molecule has 0 spiro atoms. The van der Waals surface area contributed by atoms with Gasteiger partial charge >= 0.3 is 0 Å². The van der Waals surface area contributed by atoms with Crippen LogP contribution in [0.25, 0.3) is 0 Å². The average molecular weight is 127 g/mol. The summed E-state index contributed by atoms with van der Waals surface area (Å²) in [5.41, 5.74) is 0. The summed E-state index contributed by atoms with van der Waals surface area (Å²) in [5, 5.41) is 3.26. The van der Waals surface area contributed by atoms with Gasteiger partial charge in [0.05, 0.1) is 0 Å². The smallest absolute Gasteiger partial charge is 0.00384 e. The SMILES string of the molecule is CN[C@@H](C)C[C@@H]1C[C@@H]1C. The second-order valence-corrected chi connectivity index (χ2v) is 3.40. The maximum Gasteiger partial charge on any atom is 0.00384 e. The third-order valence-corrected chi connectivity index (χ3v) is 2.43. The molecule has 1 fully saturated rings. The van der Waals surface area contributed by atoms with Gasteiger partial charge in [-0.15, -0.1) is 0 Å². The molecule has 0 aromatic carbocycles. The predicted molar refractivity (Wildman–Crippen MR) is 40.4 cm³/mol. The molecule has 0 radical (unpaired) electrons. The van der Waals surface area contributed by atoms with Gasteiger partial charge in [0.2, 0.25) is 0 Å². The highest BCUT2D eigenvalue weighted by atomic mass is 14.9. The molecule has 0 saturated heterocycles. The van der Waals surface area contributed by atoms with Crippen LogP contribution in [-0.2, 0) is 0 Å². The molecule has 0 unspecified atom stereocenters. The first-order chi connectivity index (χ1) is 4.24. The molecule has 0 heterocycles. The lowest BCUT2D eigenvalue weighted by atomic mass is 10.1. The fraction of sp³-hybridized carbons (Fsp3) is 1.00. The molecule has 1 aliphatic carbocycles. The fourth-order valence-electron chi connectivity index (χ4n) is 1.30. The third-order valence-electron chi connectivity index (χ3n) is 2.43. The van der Waals surface area contributed by atoms with E-state index in [0.29, 0.717) is 0 Å². The van der Waals surface area contributed by atoms with Crippen LogP contribution in [0.15, 0.2) is 0 Å². The van der Waals surface area contributed by atoms with Gasteiger partial charge in [-0.2, -0.15) is 0 Å². The predicted octanol–water partition coefficient (Wildman–Crippen LogP) is 1.64. The summed E-state index contributed by atoms with van der Waals surface area (Å²) in [6.45, 7) is 4.60. The van der Waals surface area contributed by atoms with Crippen LogP contribution in [0.3, 0.4) is 0 Å². The number of hydrogen-bond acceptors (Lipinski definition) is 1. The Hall–Kier alpha value is -0.0400. The van der Waals surface area contributed by atoms with Crippen molar-refractivity contribution in [3.05, 3.63) is 0 Å². The van der Waals surface area contributed by atoms with E-state index in [0.717, 1.165) is 17.9 Å². The molecule has 1 heteroatoms. The molecule has 0 aromatic heterocycles. The van der Waals surface area contributed by atoms with Gasteiger partial charge in [-0.25, -0.2) is 0 Å². The molecule has 9 heavy (non-hydrogen) atoms. The molecule has 1 saturated carbocycles. The van der Waals surface area contributed by atoms with Crippen molar-refractivity contribution in [2.45, 2.75) is 32.7 Å². The van der Waals surface area contributed by atoms with E-state index in [-0.39, 0.29) is 0 Å². The van der Waals surface area contributed by atoms with E-state index in [1.807, 2.05) is 7.05 Å². The maximum absolute atomic E-state index is 3.26. The van der Waals surface area contributed by atoms with Gasteiger partial charge in [0, 0.05) is 6.04 Å². The van der Waals surface area contributed by atoms with Crippen LogP contribution in [0.5, 0.6) is 0 Å². The molecular formula is C8H17N. The zero-order valence-electron chi connectivity index (χ0n) is 6.65. The molecule has 1 N–H and O–H groups in total. The summed E-state index contributed by atoms with van der Waals surface area (Å²) in [4.78, 5) is 0. The van der Waals surface area contributed by atoms with E-state index in [1.54, 1.807) is 0 Å². The van der Waals surface area contributed by atoms with Gasteiger partial charge in [0.25, 0.3) is 0 Å². The lowest BCUT2D eigenvalue weighted by Crippen LogP contribution is -2.21. The Labute approximate surface area is 57.8 Å². The van der Waals surface area contributed by atoms with Crippen molar-refractivity contribution in [3.63, 3.8) is 0 Å². The fourth-order valence-corrected chi connectivity index (χ4v) is 1.30. The summed E-state index contributed by atoms with van der Waals surface area (Å²) in [7, 11) is 2.04. The Balaban J connectivity index is 2.05. The summed E-state index contributed by atoms with van der Waals surface area (Å²) in [6, 6.07) is 0.722. The van der Waals surface area contributed by atoms with Crippen molar-refractivity contribution >= 4 is 0 Å². The Bertz CT molecular complexity index is 88.6. The van der Waals surface area contributed by atoms with Gasteiger partial charge in [-0.05, 0) is 38.6 Å². The van der Waals surface area contributed by atoms with E-state index in [9.17, 15) is 0 Å². The third kappa shape index (κ3) is 1.98. The Morgan fingerprint density at radius 2 is 2.22 bits per heavy atom. The van der Waals surface area contributed by atoms with Crippen molar-refractivity contribution in [1.82, 2.24) is 5.32 Å². The maximum atomic E-state index is 3.26. The molecule has 1 rings (SSSR count). The first-order valence-corrected chi connectivity index (χ1v) is 3.91. The van der Waals surface area contributed by atoms with E-state index in [1.165, 1.54) is 12.8 Å². The van der Waals surface area contributed by atoms with Crippen LogP contribution in [-0.4, -0.2) is 13.1 Å². The summed E-state index contributed by atoms with van der Waals surface area (Å²) < 4.78 is 0. The Kier molecular flexibility index (Phi) is 2.12. The van der Waals surface area contributed by atoms with E-state index < -0.39 is 0 Å². The van der Waals surface area contributed by atoms with Crippen LogP contribution in [0.2, 0.25) is 0 Å². The van der Waals surface area contributed by atoms with E-state index in [2.05, 4.69) is 19.2 Å². The quantitative estimate of drug-likeness (QED) is 0.607. The molecule has 1 nitrogen and oxygen atoms in total. The highest BCUT2D eigenvalue weighted by Gasteiger charge is 2.32. The summed E-state index contributed by atoms with van der Waals surface area (Å²) >= 11 is 0. The van der Waals surface area contributed by atoms with Crippen molar-refractivity contribution in [2.75, 3.05) is 7.05 Å². The summed E-state index contributed by atoms with van der Waals surface area (Å²) in [5.74, 6) is 2.05. The standard InChI is InChI=1S/C8H17N/c1-6-4-8(6)5-7(2)9-3/h6-9H,4-5H2,1-3H3/t6-,7-,8-/m0/s1. The lowest BCUT2D eigenvalue weighted by Gasteiger charge is -2.07. The van der Waals surface area contributed by atoms with Crippen LogP contribution < -0.4 is 5.32 Å². The average Bonchev–Trinajstić information content (AvgIpc) is 2.47. The minimum atomic E-state index is 0.722. The van der Waals surface area contributed by atoms with Crippen LogP contribution in [0, 0.1) is 11.8 Å². The molecule has 3 atom stereocenters. The molecule has 0 aromatic rings. The zero-order valence-corrected chi connectivity index (χ0v) is 6.65. The van der Waals surface area contributed by atoms with Crippen LogP contribution >= 0.6 is 0 Å². The van der Waals surface area contributed by atoms with Crippen LogP contribution in [0.1, 0.15) is 26.7 Å². The number of hydrogen-bond donors (Lipinski definition) is 1. The van der Waals surface area contributed by atoms with Gasteiger partial charge in [-0.1, -0.05) is 6.92 Å². The second-order valence-electron chi connectivity index (χ2n) is 3.40. The lowest BCUT2D eigenvalue weighted by molar-refractivity contribution is 0.513. The minimum Gasteiger partial charge on any atom is -0.317 e. The van der Waals surface area contributed by atoms with Crippen LogP contribution in [0.4, 0.5) is 0 Å². The van der Waals surface area contributed by atoms with Gasteiger partial charge in [-0.3, -0.25) is 0 Å².